The van der Waals surface area contributed by atoms with E-state index in [4.69, 9.17) is 4.74 Å². The van der Waals surface area contributed by atoms with Gasteiger partial charge in [0, 0.05) is 6.04 Å². The van der Waals surface area contributed by atoms with Crippen LogP contribution in [0.3, 0.4) is 0 Å². The fourth-order valence-corrected chi connectivity index (χ4v) is 2.08. The van der Waals surface area contributed by atoms with Crippen LogP contribution in [0.15, 0.2) is 18.2 Å². The van der Waals surface area contributed by atoms with E-state index in [-0.39, 0.29) is 23.3 Å². The summed E-state index contributed by atoms with van der Waals surface area (Å²) >= 11 is 0. The largest absolute Gasteiger partial charge is 0.507 e. The van der Waals surface area contributed by atoms with Gasteiger partial charge in [0.25, 0.3) is 5.91 Å². The van der Waals surface area contributed by atoms with Crippen molar-refractivity contribution < 1.29 is 14.6 Å². The number of aromatic hydroxyl groups is 1. The minimum Gasteiger partial charge on any atom is -0.507 e. The molecule has 2 N–H and O–H groups in total. The third-order valence-corrected chi connectivity index (χ3v) is 3.32. The Morgan fingerprint density at radius 3 is 2.75 bits per heavy atom. The Kier molecular flexibility index (Phi) is 6.91. The van der Waals surface area contributed by atoms with Gasteiger partial charge in [0.1, 0.15) is 11.5 Å². The topological polar surface area (TPSA) is 58.6 Å². The molecular formula is C16H25NO3. The average Bonchev–Trinajstić information content (AvgIpc) is 2.44. The Morgan fingerprint density at radius 1 is 1.35 bits per heavy atom. The predicted molar refractivity (Wildman–Crippen MR) is 80.3 cm³/mol. The summed E-state index contributed by atoms with van der Waals surface area (Å²) in [5.41, 5.74) is 0.254. The highest BCUT2D eigenvalue weighted by Gasteiger charge is 2.14. The first-order chi connectivity index (χ1) is 9.58. The maximum Gasteiger partial charge on any atom is 0.255 e. The Morgan fingerprint density at radius 2 is 2.10 bits per heavy atom. The number of rotatable bonds is 8. The second-order valence-corrected chi connectivity index (χ2v) is 5.11. The van der Waals surface area contributed by atoms with Crippen LogP contribution in [0, 0.1) is 0 Å². The number of carbonyl (C=O) groups is 1. The zero-order chi connectivity index (χ0) is 15.0. The minimum atomic E-state index is -0.260. The van der Waals surface area contributed by atoms with Crippen molar-refractivity contribution in [2.24, 2.45) is 0 Å². The molecule has 1 amide bonds. The fourth-order valence-electron chi connectivity index (χ4n) is 2.08. The van der Waals surface area contributed by atoms with Crippen molar-refractivity contribution in [1.82, 2.24) is 5.32 Å². The first-order valence-corrected chi connectivity index (χ1v) is 7.26. The summed E-state index contributed by atoms with van der Waals surface area (Å²) in [6.45, 7) is 4.16. The second-order valence-electron chi connectivity index (χ2n) is 5.11. The number of hydrogen-bond acceptors (Lipinski definition) is 3. The Balaban J connectivity index is 2.53. The van der Waals surface area contributed by atoms with Crippen molar-refractivity contribution in [3.63, 3.8) is 0 Å². The van der Waals surface area contributed by atoms with Crippen LogP contribution in [0.25, 0.3) is 0 Å². The van der Waals surface area contributed by atoms with Crippen molar-refractivity contribution in [3.05, 3.63) is 23.8 Å². The van der Waals surface area contributed by atoms with Gasteiger partial charge in [-0.1, -0.05) is 32.6 Å². The van der Waals surface area contributed by atoms with Gasteiger partial charge in [0.15, 0.2) is 0 Å². The summed E-state index contributed by atoms with van der Waals surface area (Å²) < 4.78 is 5.07. The second kappa shape index (κ2) is 8.46. The van der Waals surface area contributed by atoms with Crippen LogP contribution in [0.5, 0.6) is 11.5 Å². The summed E-state index contributed by atoms with van der Waals surface area (Å²) in [6.07, 6.45) is 5.70. The molecule has 0 aliphatic heterocycles. The van der Waals surface area contributed by atoms with Crippen LogP contribution < -0.4 is 10.1 Å². The highest BCUT2D eigenvalue weighted by molar-refractivity contribution is 5.97. The van der Waals surface area contributed by atoms with E-state index >= 15 is 0 Å². The SMILES string of the molecule is CCCCCCC(C)NC(=O)c1cc(OC)ccc1O. The fraction of sp³-hybridized carbons (Fsp3) is 0.562. The van der Waals surface area contributed by atoms with Crippen LogP contribution in [-0.2, 0) is 0 Å². The van der Waals surface area contributed by atoms with Crippen molar-refractivity contribution >= 4 is 5.91 Å². The van der Waals surface area contributed by atoms with E-state index < -0.39 is 0 Å². The summed E-state index contributed by atoms with van der Waals surface area (Å²) in [6, 6.07) is 4.75. The Hall–Kier alpha value is -1.71. The normalized spacial score (nSPS) is 11.9. The molecule has 0 fully saturated rings. The summed E-state index contributed by atoms with van der Waals surface area (Å²) in [4.78, 5) is 12.1. The molecule has 0 saturated carbocycles. The van der Waals surface area contributed by atoms with Crippen molar-refractivity contribution in [1.29, 1.82) is 0 Å². The van der Waals surface area contributed by atoms with Crippen LogP contribution >= 0.6 is 0 Å². The molecular weight excluding hydrogens is 254 g/mol. The molecule has 1 atom stereocenters. The Bertz CT molecular complexity index is 432. The summed E-state index contributed by atoms with van der Waals surface area (Å²) in [5.74, 6) is 0.273. The summed E-state index contributed by atoms with van der Waals surface area (Å²) in [7, 11) is 1.53. The number of benzene rings is 1. The maximum atomic E-state index is 12.1. The standard InChI is InChI=1S/C16H25NO3/c1-4-5-6-7-8-12(2)17-16(19)14-11-13(20-3)9-10-15(14)18/h9-12,18H,4-8H2,1-3H3,(H,17,19). The molecule has 0 bridgehead atoms. The van der Waals surface area contributed by atoms with Gasteiger partial charge in [-0.05, 0) is 31.5 Å². The van der Waals surface area contributed by atoms with E-state index in [0.29, 0.717) is 5.75 Å². The number of phenolic OH excluding ortho intramolecular Hbond substituents is 1. The highest BCUT2D eigenvalue weighted by atomic mass is 16.5. The number of ether oxygens (including phenoxy) is 1. The number of methoxy groups -OCH3 is 1. The van der Waals surface area contributed by atoms with Crippen LogP contribution in [0.4, 0.5) is 0 Å². The van der Waals surface area contributed by atoms with Gasteiger partial charge in [-0.2, -0.15) is 0 Å². The van der Waals surface area contributed by atoms with Gasteiger partial charge in [0.2, 0.25) is 0 Å². The average molecular weight is 279 g/mol. The summed E-state index contributed by atoms with van der Waals surface area (Å²) in [5, 5.41) is 12.7. The quantitative estimate of drug-likeness (QED) is 0.716. The van der Waals surface area contributed by atoms with E-state index in [2.05, 4.69) is 12.2 Å². The first kappa shape index (κ1) is 16.3. The molecule has 1 rings (SSSR count). The van der Waals surface area contributed by atoms with Crippen LogP contribution in [0.2, 0.25) is 0 Å². The maximum absolute atomic E-state index is 12.1. The van der Waals surface area contributed by atoms with E-state index in [1.54, 1.807) is 12.1 Å². The van der Waals surface area contributed by atoms with E-state index in [0.717, 1.165) is 12.8 Å². The number of amides is 1. The molecule has 0 spiro atoms. The number of carbonyl (C=O) groups excluding carboxylic acids is 1. The number of unbranched alkanes of at least 4 members (excludes halogenated alkanes) is 3. The molecule has 112 valence electrons. The molecule has 20 heavy (non-hydrogen) atoms. The third-order valence-electron chi connectivity index (χ3n) is 3.32. The van der Waals surface area contributed by atoms with Gasteiger partial charge in [-0.15, -0.1) is 0 Å². The molecule has 0 aromatic heterocycles. The van der Waals surface area contributed by atoms with Crippen molar-refractivity contribution in [2.45, 2.75) is 52.0 Å². The number of hydrogen-bond donors (Lipinski definition) is 2. The molecule has 1 aromatic rings. The molecule has 4 nitrogen and oxygen atoms in total. The molecule has 0 radical (unpaired) electrons. The van der Waals surface area contributed by atoms with Crippen LogP contribution in [0.1, 0.15) is 56.3 Å². The predicted octanol–water partition coefficient (Wildman–Crippen LogP) is 3.49. The Labute approximate surface area is 121 Å². The van der Waals surface area contributed by atoms with Gasteiger partial charge in [-0.25, -0.2) is 0 Å². The van der Waals surface area contributed by atoms with Gasteiger partial charge in [-0.3, -0.25) is 4.79 Å². The van der Waals surface area contributed by atoms with Gasteiger partial charge in [0.05, 0.1) is 12.7 Å². The number of phenols is 1. The van der Waals surface area contributed by atoms with E-state index in [1.165, 1.54) is 32.4 Å². The molecule has 4 heteroatoms. The lowest BCUT2D eigenvalue weighted by Crippen LogP contribution is -2.32. The van der Waals surface area contributed by atoms with Crippen LogP contribution in [-0.4, -0.2) is 24.2 Å². The van der Waals surface area contributed by atoms with E-state index in [1.807, 2.05) is 6.92 Å². The minimum absolute atomic E-state index is 0.0264. The molecule has 1 aromatic carbocycles. The van der Waals surface area contributed by atoms with Gasteiger partial charge >= 0.3 is 0 Å². The lowest BCUT2D eigenvalue weighted by atomic mass is 10.1. The molecule has 0 saturated heterocycles. The highest BCUT2D eigenvalue weighted by Crippen LogP contribution is 2.22. The zero-order valence-electron chi connectivity index (χ0n) is 12.6. The molecule has 0 aliphatic carbocycles. The van der Waals surface area contributed by atoms with Gasteiger partial charge < -0.3 is 15.2 Å². The monoisotopic (exact) mass is 279 g/mol. The molecule has 0 aliphatic rings. The third kappa shape index (κ3) is 5.11. The lowest BCUT2D eigenvalue weighted by Gasteiger charge is -2.14. The van der Waals surface area contributed by atoms with Crippen molar-refractivity contribution in [2.75, 3.05) is 7.11 Å². The molecule has 1 unspecified atom stereocenters. The smallest absolute Gasteiger partial charge is 0.255 e. The van der Waals surface area contributed by atoms with E-state index in [9.17, 15) is 9.90 Å². The number of nitrogens with one attached hydrogen (secondary N) is 1. The molecule has 0 heterocycles. The lowest BCUT2D eigenvalue weighted by molar-refractivity contribution is 0.0935. The first-order valence-electron chi connectivity index (χ1n) is 7.26. The van der Waals surface area contributed by atoms with Crippen molar-refractivity contribution in [3.8, 4) is 11.5 Å². The zero-order valence-corrected chi connectivity index (χ0v) is 12.6.